The van der Waals surface area contributed by atoms with Crippen LogP contribution in [0.15, 0.2) is 30.3 Å². The van der Waals surface area contributed by atoms with Crippen molar-refractivity contribution in [2.24, 2.45) is 0 Å². The van der Waals surface area contributed by atoms with Gasteiger partial charge in [0.1, 0.15) is 5.75 Å². The van der Waals surface area contributed by atoms with Crippen molar-refractivity contribution >= 4 is 0 Å². The first-order valence-corrected chi connectivity index (χ1v) is 9.70. The minimum Gasteiger partial charge on any atom is -0.508 e. The summed E-state index contributed by atoms with van der Waals surface area (Å²) in [6.07, 6.45) is 12.4. The van der Waals surface area contributed by atoms with Gasteiger partial charge in [-0.15, -0.1) is 0 Å². The molecule has 0 amide bonds. The number of benzene rings is 1. The summed E-state index contributed by atoms with van der Waals surface area (Å²) >= 11 is 0. The Morgan fingerprint density at radius 2 is 1.04 bits per heavy atom. The third-order valence-electron chi connectivity index (χ3n) is 3.99. The molecule has 0 saturated carbocycles. The van der Waals surface area contributed by atoms with Crippen LogP contribution in [0.5, 0.6) is 5.75 Å². The maximum Gasteiger partial charge on any atom is 0.115 e. The fraction of sp³-hybridized carbons (Fsp3) is 0.714. The number of hydrogen-bond donors (Lipinski definition) is 1. The number of rotatable bonds is 12. The van der Waals surface area contributed by atoms with Crippen molar-refractivity contribution in [2.45, 2.75) is 78.6 Å². The lowest BCUT2D eigenvalue weighted by Gasteiger charge is -2.22. The van der Waals surface area contributed by atoms with Crippen LogP contribution in [-0.2, 0) is 0 Å². The maximum atomic E-state index is 8.63. The Morgan fingerprint density at radius 1 is 0.652 bits per heavy atom. The highest BCUT2D eigenvalue weighted by molar-refractivity contribution is 5.18. The first-order chi connectivity index (χ1) is 11.2. The first kappa shape index (κ1) is 22.0. The standard InChI is InChI=1S/C15H33N.C6H6O/c1-4-7-10-13-16(14-11-8-5-2)15-12-9-6-3;7-6-4-2-1-3-5-6/h4-15H2,1-3H3;1-5,7H. The summed E-state index contributed by atoms with van der Waals surface area (Å²) in [5.41, 5.74) is 0. The van der Waals surface area contributed by atoms with Gasteiger partial charge in [0.2, 0.25) is 0 Å². The van der Waals surface area contributed by atoms with Gasteiger partial charge >= 0.3 is 0 Å². The van der Waals surface area contributed by atoms with E-state index in [1.165, 1.54) is 77.4 Å². The summed E-state index contributed by atoms with van der Waals surface area (Å²) in [6, 6.07) is 8.71. The summed E-state index contributed by atoms with van der Waals surface area (Å²) < 4.78 is 0. The molecule has 1 aromatic rings. The topological polar surface area (TPSA) is 23.5 Å². The van der Waals surface area contributed by atoms with Gasteiger partial charge in [0.05, 0.1) is 0 Å². The molecule has 0 atom stereocenters. The van der Waals surface area contributed by atoms with Gasteiger partial charge in [0.25, 0.3) is 0 Å². The molecular weight excluding hydrogens is 282 g/mol. The van der Waals surface area contributed by atoms with Crippen LogP contribution in [0.4, 0.5) is 0 Å². The van der Waals surface area contributed by atoms with E-state index in [4.69, 9.17) is 5.11 Å². The zero-order chi connectivity index (χ0) is 17.2. The van der Waals surface area contributed by atoms with Crippen LogP contribution in [0, 0.1) is 0 Å². The second kappa shape index (κ2) is 17.3. The van der Waals surface area contributed by atoms with E-state index in [-0.39, 0.29) is 0 Å². The first-order valence-electron chi connectivity index (χ1n) is 9.70. The molecular formula is C21H39NO. The van der Waals surface area contributed by atoms with Crippen molar-refractivity contribution in [3.8, 4) is 5.75 Å². The van der Waals surface area contributed by atoms with Crippen molar-refractivity contribution < 1.29 is 5.11 Å². The van der Waals surface area contributed by atoms with Crippen LogP contribution in [0.1, 0.15) is 78.6 Å². The summed E-state index contributed by atoms with van der Waals surface area (Å²) in [7, 11) is 0. The minimum atomic E-state index is 0.322. The van der Waals surface area contributed by atoms with Gasteiger partial charge in [-0.1, -0.05) is 77.5 Å². The van der Waals surface area contributed by atoms with E-state index < -0.39 is 0 Å². The third kappa shape index (κ3) is 15.6. The molecule has 2 nitrogen and oxygen atoms in total. The molecule has 0 radical (unpaired) electrons. The van der Waals surface area contributed by atoms with Gasteiger partial charge in [-0.3, -0.25) is 0 Å². The smallest absolute Gasteiger partial charge is 0.115 e. The predicted molar refractivity (Wildman–Crippen MR) is 103 cm³/mol. The Morgan fingerprint density at radius 3 is 1.30 bits per heavy atom. The molecule has 0 unspecified atom stereocenters. The quantitative estimate of drug-likeness (QED) is 0.460. The fourth-order valence-corrected chi connectivity index (χ4v) is 2.52. The average molecular weight is 322 g/mol. The molecule has 23 heavy (non-hydrogen) atoms. The van der Waals surface area contributed by atoms with Crippen LogP contribution >= 0.6 is 0 Å². The Labute approximate surface area is 144 Å². The van der Waals surface area contributed by atoms with Gasteiger partial charge in [-0.25, -0.2) is 0 Å². The Balaban J connectivity index is 0.000000568. The van der Waals surface area contributed by atoms with E-state index in [0.717, 1.165) is 0 Å². The third-order valence-corrected chi connectivity index (χ3v) is 3.99. The highest BCUT2D eigenvalue weighted by atomic mass is 16.3. The molecule has 1 N–H and O–H groups in total. The number of unbranched alkanes of at least 4 members (excludes halogenated alkanes) is 6. The summed E-state index contributed by atoms with van der Waals surface area (Å²) in [4.78, 5) is 2.70. The molecule has 0 spiro atoms. The Bertz CT molecular complexity index is 302. The number of nitrogens with zero attached hydrogens (tertiary/aromatic N) is 1. The van der Waals surface area contributed by atoms with Gasteiger partial charge < -0.3 is 10.0 Å². The minimum absolute atomic E-state index is 0.322. The number of phenols is 1. The van der Waals surface area contributed by atoms with E-state index >= 15 is 0 Å². The molecule has 0 aliphatic rings. The molecule has 134 valence electrons. The van der Waals surface area contributed by atoms with Crippen molar-refractivity contribution in [2.75, 3.05) is 19.6 Å². The van der Waals surface area contributed by atoms with E-state index in [9.17, 15) is 0 Å². The van der Waals surface area contributed by atoms with Crippen LogP contribution in [0.2, 0.25) is 0 Å². The lowest BCUT2D eigenvalue weighted by atomic mass is 10.2. The number of phenolic OH excluding ortho intramolecular Hbond substituents is 1. The second-order valence-corrected chi connectivity index (χ2v) is 6.30. The molecule has 0 aliphatic carbocycles. The fourth-order valence-electron chi connectivity index (χ4n) is 2.52. The van der Waals surface area contributed by atoms with Crippen LogP contribution < -0.4 is 0 Å². The number of para-hydroxylation sites is 1. The van der Waals surface area contributed by atoms with Gasteiger partial charge in [-0.05, 0) is 51.0 Å². The van der Waals surface area contributed by atoms with Gasteiger partial charge in [0.15, 0.2) is 0 Å². The average Bonchev–Trinajstić information content (AvgIpc) is 2.56. The van der Waals surface area contributed by atoms with Crippen LogP contribution in [0.25, 0.3) is 0 Å². The molecule has 1 rings (SSSR count). The SMILES string of the molecule is CCCCCN(CCCCC)CCCCC.Oc1ccccc1. The van der Waals surface area contributed by atoms with Crippen LogP contribution in [-0.4, -0.2) is 29.6 Å². The number of hydrogen-bond acceptors (Lipinski definition) is 2. The monoisotopic (exact) mass is 321 g/mol. The van der Waals surface area contributed by atoms with Crippen molar-refractivity contribution in [1.82, 2.24) is 4.90 Å². The summed E-state index contributed by atoms with van der Waals surface area (Å²) in [5.74, 6) is 0.322. The van der Waals surface area contributed by atoms with Gasteiger partial charge in [0, 0.05) is 0 Å². The van der Waals surface area contributed by atoms with Crippen molar-refractivity contribution in [3.63, 3.8) is 0 Å². The molecule has 0 heterocycles. The predicted octanol–water partition coefficient (Wildman–Crippen LogP) is 6.25. The molecule has 0 fully saturated rings. The molecule has 1 aromatic carbocycles. The zero-order valence-corrected chi connectivity index (χ0v) is 15.8. The lowest BCUT2D eigenvalue weighted by Crippen LogP contribution is -2.27. The second-order valence-electron chi connectivity index (χ2n) is 6.30. The van der Waals surface area contributed by atoms with E-state index in [1.807, 2.05) is 6.07 Å². The molecule has 0 aromatic heterocycles. The highest BCUT2D eigenvalue weighted by Gasteiger charge is 2.03. The van der Waals surface area contributed by atoms with Crippen molar-refractivity contribution in [1.29, 1.82) is 0 Å². The molecule has 2 heteroatoms. The maximum absolute atomic E-state index is 8.63. The largest absolute Gasteiger partial charge is 0.508 e. The highest BCUT2D eigenvalue weighted by Crippen LogP contribution is 2.05. The Kier molecular flexibility index (Phi) is 16.6. The molecule has 0 saturated heterocycles. The van der Waals surface area contributed by atoms with E-state index in [1.54, 1.807) is 24.3 Å². The van der Waals surface area contributed by atoms with E-state index in [2.05, 4.69) is 25.7 Å². The van der Waals surface area contributed by atoms with Crippen molar-refractivity contribution in [3.05, 3.63) is 30.3 Å². The Hall–Kier alpha value is -1.02. The number of aromatic hydroxyl groups is 1. The van der Waals surface area contributed by atoms with Gasteiger partial charge in [-0.2, -0.15) is 0 Å². The normalized spacial score (nSPS) is 10.4. The molecule has 0 aliphatic heterocycles. The lowest BCUT2D eigenvalue weighted by molar-refractivity contribution is 0.256. The summed E-state index contributed by atoms with van der Waals surface area (Å²) in [5, 5.41) is 8.63. The van der Waals surface area contributed by atoms with E-state index in [0.29, 0.717) is 5.75 Å². The molecule has 0 bridgehead atoms. The van der Waals surface area contributed by atoms with Crippen LogP contribution in [0.3, 0.4) is 0 Å². The zero-order valence-electron chi connectivity index (χ0n) is 15.8. The summed E-state index contributed by atoms with van der Waals surface area (Å²) in [6.45, 7) is 10.9.